The van der Waals surface area contributed by atoms with Crippen LogP contribution in [-0.2, 0) is 6.54 Å². The van der Waals surface area contributed by atoms with Gasteiger partial charge in [-0.2, -0.15) is 0 Å². The lowest BCUT2D eigenvalue weighted by Crippen LogP contribution is -2.54. The first-order valence-electron chi connectivity index (χ1n) is 11.1. The van der Waals surface area contributed by atoms with Crippen LogP contribution in [0.2, 0.25) is 0 Å². The summed E-state index contributed by atoms with van der Waals surface area (Å²) in [5.41, 5.74) is 1.81. The van der Waals surface area contributed by atoms with Crippen molar-refractivity contribution in [3.8, 4) is 0 Å². The topological polar surface area (TPSA) is 68.8 Å². The van der Waals surface area contributed by atoms with Gasteiger partial charge in [0, 0.05) is 30.7 Å². The van der Waals surface area contributed by atoms with E-state index in [0.717, 1.165) is 31.0 Å². The number of rotatable bonds is 9. The first-order valence-corrected chi connectivity index (χ1v) is 11.1. The van der Waals surface area contributed by atoms with Gasteiger partial charge in [-0.1, -0.05) is 25.5 Å². The summed E-state index contributed by atoms with van der Waals surface area (Å²) >= 11 is 0. The SMILES string of the molecule is CCCNC(=O)c1cccc(CN=C(NCC)NCC(C)(C)N2CCCCC2)c1. The van der Waals surface area contributed by atoms with Gasteiger partial charge in [-0.15, -0.1) is 0 Å². The maximum Gasteiger partial charge on any atom is 0.251 e. The number of piperidine rings is 1. The molecule has 1 saturated heterocycles. The Balaban J connectivity index is 1.97. The Hall–Kier alpha value is -2.08. The lowest BCUT2D eigenvalue weighted by Gasteiger charge is -2.41. The van der Waals surface area contributed by atoms with Crippen molar-refractivity contribution in [3.63, 3.8) is 0 Å². The monoisotopic (exact) mass is 401 g/mol. The zero-order chi connectivity index (χ0) is 21.1. The lowest BCUT2D eigenvalue weighted by atomic mass is 9.98. The van der Waals surface area contributed by atoms with Gasteiger partial charge in [0.2, 0.25) is 0 Å². The van der Waals surface area contributed by atoms with Crippen LogP contribution in [0.1, 0.15) is 69.3 Å². The van der Waals surface area contributed by atoms with E-state index in [2.05, 4.69) is 41.6 Å². The van der Waals surface area contributed by atoms with Gasteiger partial charge >= 0.3 is 0 Å². The normalized spacial score (nSPS) is 15.8. The van der Waals surface area contributed by atoms with E-state index < -0.39 is 0 Å². The Morgan fingerprint density at radius 3 is 2.55 bits per heavy atom. The number of hydrogen-bond donors (Lipinski definition) is 3. The number of nitrogens with one attached hydrogen (secondary N) is 3. The van der Waals surface area contributed by atoms with E-state index >= 15 is 0 Å². The summed E-state index contributed by atoms with van der Waals surface area (Å²) in [6, 6.07) is 7.71. The lowest BCUT2D eigenvalue weighted by molar-refractivity contribution is 0.0953. The molecular weight excluding hydrogens is 362 g/mol. The molecule has 6 nitrogen and oxygen atoms in total. The highest BCUT2D eigenvalue weighted by Gasteiger charge is 2.27. The van der Waals surface area contributed by atoms with Crippen molar-refractivity contribution in [3.05, 3.63) is 35.4 Å². The Morgan fingerprint density at radius 1 is 1.10 bits per heavy atom. The van der Waals surface area contributed by atoms with Crippen LogP contribution in [0.5, 0.6) is 0 Å². The van der Waals surface area contributed by atoms with Crippen molar-refractivity contribution in [1.82, 2.24) is 20.9 Å². The van der Waals surface area contributed by atoms with Gasteiger partial charge in [-0.3, -0.25) is 9.69 Å². The number of amides is 1. The Kier molecular flexibility index (Phi) is 9.45. The number of hydrogen-bond acceptors (Lipinski definition) is 3. The third-order valence-electron chi connectivity index (χ3n) is 5.39. The molecule has 1 fully saturated rings. The molecule has 6 heteroatoms. The van der Waals surface area contributed by atoms with E-state index in [9.17, 15) is 4.79 Å². The number of aliphatic imine (C=N–C) groups is 1. The fraction of sp³-hybridized carbons (Fsp3) is 0.652. The molecule has 0 saturated carbocycles. The minimum absolute atomic E-state index is 0.0222. The van der Waals surface area contributed by atoms with Crippen molar-refractivity contribution in [2.75, 3.05) is 32.7 Å². The smallest absolute Gasteiger partial charge is 0.251 e. The summed E-state index contributed by atoms with van der Waals surface area (Å²) < 4.78 is 0. The van der Waals surface area contributed by atoms with E-state index in [4.69, 9.17) is 4.99 Å². The standard InChI is InChI=1S/C23H39N5O/c1-5-13-25-21(29)20-12-10-11-19(16-20)17-26-22(24-6-2)27-18-23(3,4)28-14-8-7-9-15-28/h10-12,16H,5-9,13-15,17-18H2,1-4H3,(H,25,29)(H2,24,26,27). The molecular formula is C23H39N5O. The minimum Gasteiger partial charge on any atom is -0.357 e. The maximum absolute atomic E-state index is 12.2. The van der Waals surface area contributed by atoms with Crippen LogP contribution in [0.15, 0.2) is 29.3 Å². The third-order valence-corrected chi connectivity index (χ3v) is 5.39. The van der Waals surface area contributed by atoms with E-state index in [-0.39, 0.29) is 11.4 Å². The van der Waals surface area contributed by atoms with E-state index in [1.165, 1.54) is 32.4 Å². The third kappa shape index (κ3) is 7.69. The van der Waals surface area contributed by atoms with Crippen molar-refractivity contribution in [1.29, 1.82) is 0 Å². The van der Waals surface area contributed by atoms with Crippen LogP contribution in [0.3, 0.4) is 0 Å². The largest absolute Gasteiger partial charge is 0.357 e. The van der Waals surface area contributed by atoms with Gasteiger partial charge in [0.25, 0.3) is 5.91 Å². The fourth-order valence-corrected chi connectivity index (χ4v) is 3.57. The number of carbonyl (C=O) groups is 1. The van der Waals surface area contributed by atoms with Gasteiger partial charge in [-0.25, -0.2) is 4.99 Å². The van der Waals surface area contributed by atoms with Crippen molar-refractivity contribution in [2.45, 2.75) is 65.5 Å². The molecule has 0 radical (unpaired) electrons. The maximum atomic E-state index is 12.2. The van der Waals surface area contributed by atoms with E-state index in [1.807, 2.05) is 31.2 Å². The van der Waals surface area contributed by atoms with Crippen LogP contribution >= 0.6 is 0 Å². The second-order valence-electron chi connectivity index (χ2n) is 8.37. The van der Waals surface area contributed by atoms with Crippen molar-refractivity contribution in [2.24, 2.45) is 4.99 Å². The van der Waals surface area contributed by atoms with Crippen LogP contribution < -0.4 is 16.0 Å². The average Bonchev–Trinajstić information content (AvgIpc) is 2.75. The number of guanidine groups is 1. The second kappa shape index (κ2) is 11.8. The van der Waals surface area contributed by atoms with Gasteiger partial charge in [0.15, 0.2) is 5.96 Å². The fourth-order valence-electron chi connectivity index (χ4n) is 3.57. The summed E-state index contributed by atoms with van der Waals surface area (Å²) in [4.78, 5) is 19.5. The van der Waals surface area contributed by atoms with Gasteiger partial charge < -0.3 is 16.0 Å². The Bertz CT molecular complexity index is 665. The molecule has 0 bridgehead atoms. The molecule has 0 aliphatic carbocycles. The van der Waals surface area contributed by atoms with Gasteiger partial charge in [0.05, 0.1) is 6.54 Å². The number of nitrogens with zero attached hydrogens (tertiary/aromatic N) is 2. The molecule has 2 rings (SSSR count). The second-order valence-corrected chi connectivity index (χ2v) is 8.37. The molecule has 0 spiro atoms. The molecule has 1 aromatic carbocycles. The number of benzene rings is 1. The van der Waals surface area contributed by atoms with Crippen LogP contribution in [-0.4, -0.2) is 55.0 Å². The average molecular weight is 402 g/mol. The Morgan fingerprint density at radius 2 is 1.86 bits per heavy atom. The molecule has 1 aromatic rings. The van der Waals surface area contributed by atoms with Gasteiger partial charge in [0.1, 0.15) is 0 Å². The Labute approximate surface area is 176 Å². The molecule has 0 aromatic heterocycles. The van der Waals surface area contributed by atoms with E-state index in [1.54, 1.807) is 0 Å². The van der Waals surface area contributed by atoms with Crippen LogP contribution in [0.4, 0.5) is 0 Å². The minimum atomic E-state index is -0.0222. The number of carbonyl (C=O) groups excluding carboxylic acids is 1. The predicted molar refractivity (Wildman–Crippen MR) is 121 cm³/mol. The van der Waals surface area contributed by atoms with E-state index in [0.29, 0.717) is 18.7 Å². The quantitative estimate of drug-likeness (QED) is 0.439. The zero-order valence-corrected chi connectivity index (χ0v) is 18.7. The molecule has 1 aliphatic rings. The molecule has 1 heterocycles. The van der Waals surface area contributed by atoms with Crippen molar-refractivity contribution < 1.29 is 4.79 Å². The number of likely N-dealkylation sites (tertiary alicyclic amines) is 1. The summed E-state index contributed by atoms with van der Waals surface area (Å²) in [7, 11) is 0. The van der Waals surface area contributed by atoms with Gasteiger partial charge in [-0.05, 0) is 70.8 Å². The van der Waals surface area contributed by atoms with Crippen LogP contribution in [0, 0.1) is 0 Å². The first kappa shape index (κ1) is 23.2. The summed E-state index contributed by atoms with van der Waals surface area (Å²) in [5, 5.41) is 9.77. The molecule has 29 heavy (non-hydrogen) atoms. The predicted octanol–water partition coefficient (Wildman–Crippen LogP) is 3.15. The molecule has 162 valence electrons. The highest BCUT2D eigenvalue weighted by molar-refractivity contribution is 5.94. The molecule has 1 aliphatic heterocycles. The molecule has 0 atom stereocenters. The zero-order valence-electron chi connectivity index (χ0n) is 18.7. The highest BCUT2D eigenvalue weighted by atomic mass is 16.1. The summed E-state index contributed by atoms with van der Waals surface area (Å²) in [5.74, 6) is 0.796. The molecule has 3 N–H and O–H groups in total. The van der Waals surface area contributed by atoms with Crippen molar-refractivity contribution >= 4 is 11.9 Å². The molecule has 1 amide bonds. The molecule has 0 unspecified atom stereocenters. The summed E-state index contributed by atoms with van der Waals surface area (Å²) in [6.07, 6.45) is 4.86. The highest BCUT2D eigenvalue weighted by Crippen LogP contribution is 2.19. The van der Waals surface area contributed by atoms with Crippen LogP contribution in [0.25, 0.3) is 0 Å². The summed E-state index contributed by atoms with van der Waals surface area (Å²) in [6.45, 7) is 14.0. The first-order chi connectivity index (χ1) is 14.0.